The van der Waals surface area contributed by atoms with Crippen LogP contribution in [0.3, 0.4) is 0 Å². The molecule has 5 nitrogen and oxygen atoms in total. The van der Waals surface area contributed by atoms with Crippen LogP contribution in [-0.2, 0) is 4.79 Å². The third-order valence-corrected chi connectivity index (χ3v) is 3.41. The van der Waals surface area contributed by atoms with E-state index in [1.807, 2.05) is 31.2 Å². The predicted octanol–water partition coefficient (Wildman–Crippen LogP) is 1.23. The number of rotatable bonds is 3. The molecule has 106 valence electrons. The van der Waals surface area contributed by atoms with Crippen LogP contribution in [0, 0.1) is 0 Å². The summed E-state index contributed by atoms with van der Waals surface area (Å²) in [6.45, 7) is 1.84. The van der Waals surface area contributed by atoms with Crippen molar-refractivity contribution < 1.29 is 9.53 Å². The Hall–Kier alpha value is -2.08. The highest BCUT2D eigenvalue weighted by atomic mass is 32.1. The molecule has 6 heteroatoms. The zero-order valence-electron chi connectivity index (χ0n) is 11.6. The minimum absolute atomic E-state index is 0.134. The van der Waals surface area contributed by atoms with E-state index in [1.165, 1.54) is 0 Å². The lowest BCUT2D eigenvalue weighted by Gasteiger charge is -2.30. The van der Waals surface area contributed by atoms with Gasteiger partial charge >= 0.3 is 0 Å². The average molecular weight is 291 g/mol. The molecule has 1 aliphatic heterocycles. The van der Waals surface area contributed by atoms with E-state index >= 15 is 0 Å². The minimum atomic E-state index is -0.269. The lowest BCUT2D eigenvalue weighted by atomic mass is 9.95. The van der Waals surface area contributed by atoms with E-state index in [1.54, 1.807) is 14.2 Å². The summed E-state index contributed by atoms with van der Waals surface area (Å²) in [7, 11) is 3.23. The molecule has 0 fully saturated rings. The van der Waals surface area contributed by atoms with E-state index in [0.29, 0.717) is 10.7 Å². The van der Waals surface area contributed by atoms with Crippen LogP contribution >= 0.6 is 12.2 Å². The first-order valence-corrected chi connectivity index (χ1v) is 6.62. The number of benzene rings is 1. The van der Waals surface area contributed by atoms with Crippen LogP contribution in [0.4, 0.5) is 0 Å². The summed E-state index contributed by atoms with van der Waals surface area (Å²) in [5.41, 5.74) is 2.34. The van der Waals surface area contributed by atoms with Gasteiger partial charge in [-0.05, 0) is 36.8 Å². The molecule has 1 aromatic rings. The van der Waals surface area contributed by atoms with Gasteiger partial charge in [0.1, 0.15) is 5.75 Å². The Morgan fingerprint density at radius 1 is 1.35 bits per heavy atom. The summed E-state index contributed by atoms with van der Waals surface area (Å²) in [4.78, 5) is 12.1. The summed E-state index contributed by atoms with van der Waals surface area (Å²) in [5, 5.41) is 9.28. The van der Waals surface area contributed by atoms with Crippen molar-refractivity contribution >= 4 is 23.2 Å². The van der Waals surface area contributed by atoms with Crippen molar-refractivity contribution in [3.8, 4) is 5.75 Å². The van der Waals surface area contributed by atoms with Crippen LogP contribution in [0.1, 0.15) is 18.5 Å². The lowest BCUT2D eigenvalue weighted by molar-refractivity contribution is -0.117. The van der Waals surface area contributed by atoms with Gasteiger partial charge in [0.2, 0.25) is 0 Å². The zero-order valence-corrected chi connectivity index (χ0v) is 12.4. The normalized spacial score (nSPS) is 18.1. The Morgan fingerprint density at radius 2 is 2.00 bits per heavy atom. The van der Waals surface area contributed by atoms with Gasteiger partial charge in [0.05, 0.1) is 18.7 Å². The van der Waals surface area contributed by atoms with Gasteiger partial charge < -0.3 is 20.7 Å². The average Bonchev–Trinajstić information content (AvgIpc) is 2.46. The molecule has 0 saturated heterocycles. The molecule has 0 bridgehead atoms. The number of nitrogens with one attached hydrogen (secondary N) is 3. The van der Waals surface area contributed by atoms with E-state index in [9.17, 15) is 4.79 Å². The third kappa shape index (κ3) is 2.75. The number of ether oxygens (including phenoxy) is 1. The molecule has 0 radical (unpaired) electrons. The maximum atomic E-state index is 12.1. The fraction of sp³-hybridized carbons (Fsp3) is 0.286. The van der Waals surface area contributed by atoms with Gasteiger partial charge in [-0.15, -0.1) is 0 Å². The van der Waals surface area contributed by atoms with Crippen molar-refractivity contribution in [2.24, 2.45) is 0 Å². The Labute approximate surface area is 123 Å². The SMILES string of the molecule is CNC(=O)C1=C(C)NC(=S)N[C@@H]1c1ccc(OC)cc1. The second kappa shape index (κ2) is 5.92. The maximum Gasteiger partial charge on any atom is 0.251 e. The largest absolute Gasteiger partial charge is 0.497 e. The monoisotopic (exact) mass is 291 g/mol. The van der Waals surface area contributed by atoms with Crippen molar-refractivity contribution in [3.05, 3.63) is 41.1 Å². The highest BCUT2D eigenvalue weighted by Crippen LogP contribution is 2.27. The van der Waals surface area contributed by atoms with Crippen LogP contribution < -0.4 is 20.7 Å². The number of hydrogen-bond acceptors (Lipinski definition) is 3. The van der Waals surface area contributed by atoms with E-state index in [0.717, 1.165) is 17.0 Å². The van der Waals surface area contributed by atoms with Gasteiger partial charge in [-0.25, -0.2) is 0 Å². The summed E-state index contributed by atoms with van der Waals surface area (Å²) >= 11 is 5.17. The second-order valence-electron chi connectivity index (χ2n) is 4.42. The van der Waals surface area contributed by atoms with Crippen LogP contribution in [0.2, 0.25) is 0 Å². The highest BCUT2D eigenvalue weighted by molar-refractivity contribution is 7.80. The number of allylic oxidation sites excluding steroid dienone is 1. The third-order valence-electron chi connectivity index (χ3n) is 3.19. The minimum Gasteiger partial charge on any atom is -0.497 e. The van der Waals surface area contributed by atoms with Crippen molar-refractivity contribution in [2.75, 3.05) is 14.2 Å². The van der Waals surface area contributed by atoms with Gasteiger partial charge in [0.15, 0.2) is 5.11 Å². The molecule has 0 saturated carbocycles. The molecule has 0 spiro atoms. The van der Waals surface area contributed by atoms with Gasteiger partial charge in [-0.3, -0.25) is 4.79 Å². The molecule has 1 aromatic carbocycles. The van der Waals surface area contributed by atoms with Crippen LogP contribution in [0.25, 0.3) is 0 Å². The molecule has 1 aliphatic rings. The molecule has 1 heterocycles. The number of hydrogen-bond donors (Lipinski definition) is 3. The van der Waals surface area contributed by atoms with Crippen molar-refractivity contribution in [3.63, 3.8) is 0 Å². The van der Waals surface area contributed by atoms with Crippen LogP contribution in [0.5, 0.6) is 5.75 Å². The fourth-order valence-corrected chi connectivity index (χ4v) is 2.45. The number of likely N-dealkylation sites (N-methyl/N-ethyl adjacent to an activating group) is 1. The van der Waals surface area contributed by atoms with Gasteiger partial charge in [-0.2, -0.15) is 0 Å². The second-order valence-corrected chi connectivity index (χ2v) is 4.83. The smallest absolute Gasteiger partial charge is 0.251 e. The number of amides is 1. The van der Waals surface area contributed by atoms with Gasteiger partial charge in [0, 0.05) is 12.7 Å². The molecular weight excluding hydrogens is 274 g/mol. The predicted molar refractivity (Wildman–Crippen MR) is 81.4 cm³/mol. The molecule has 1 atom stereocenters. The Balaban J connectivity index is 2.42. The molecule has 0 unspecified atom stereocenters. The molecule has 3 N–H and O–H groups in total. The Morgan fingerprint density at radius 3 is 2.55 bits per heavy atom. The standard InChI is InChI=1S/C14H17N3O2S/c1-8-11(13(18)15-2)12(17-14(20)16-8)9-4-6-10(19-3)7-5-9/h4-7,12H,1-3H3,(H,15,18)(H2,16,17,20)/t12-/m1/s1. The van der Waals surface area contributed by atoms with Crippen molar-refractivity contribution in [1.29, 1.82) is 0 Å². The van der Waals surface area contributed by atoms with Crippen LogP contribution in [-0.4, -0.2) is 25.2 Å². The van der Waals surface area contributed by atoms with Gasteiger partial charge in [0.25, 0.3) is 5.91 Å². The van der Waals surface area contributed by atoms with Crippen molar-refractivity contribution in [2.45, 2.75) is 13.0 Å². The molecular formula is C14H17N3O2S. The molecule has 0 aliphatic carbocycles. The first-order chi connectivity index (χ1) is 9.56. The molecule has 20 heavy (non-hydrogen) atoms. The Kier molecular flexibility index (Phi) is 4.24. The Bertz CT molecular complexity index is 566. The quantitative estimate of drug-likeness (QED) is 0.731. The molecule has 0 aromatic heterocycles. The zero-order chi connectivity index (χ0) is 14.7. The fourth-order valence-electron chi connectivity index (χ4n) is 2.18. The summed E-state index contributed by atoms with van der Waals surface area (Å²) in [6.07, 6.45) is 0. The highest BCUT2D eigenvalue weighted by Gasteiger charge is 2.29. The maximum absolute atomic E-state index is 12.1. The van der Waals surface area contributed by atoms with Gasteiger partial charge in [-0.1, -0.05) is 12.1 Å². The van der Waals surface area contributed by atoms with E-state index in [-0.39, 0.29) is 11.9 Å². The molecule has 2 rings (SSSR count). The molecule has 1 amide bonds. The first-order valence-electron chi connectivity index (χ1n) is 6.21. The lowest BCUT2D eigenvalue weighted by Crippen LogP contribution is -2.46. The number of thiocarbonyl (C=S) groups is 1. The van der Waals surface area contributed by atoms with E-state index in [4.69, 9.17) is 17.0 Å². The van der Waals surface area contributed by atoms with E-state index < -0.39 is 0 Å². The number of carbonyl (C=O) groups excluding carboxylic acids is 1. The number of methoxy groups -OCH3 is 1. The number of carbonyl (C=O) groups is 1. The van der Waals surface area contributed by atoms with Crippen LogP contribution in [0.15, 0.2) is 35.5 Å². The summed E-state index contributed by atoms with van der Waals surface area (Å²) in [6, 6.07) is 7.29. The topological polar surface area (TPSA) is 62.4 Å². The van der Waals surface area contributed by atoms with E-state index in [2.05, 4.69) is 16.0 Å². The van der Waals surface area contributed by atoms with Crippen molar-refractivity contribution in [1.82, 2.24) is 16.0 Å². The first kappa shape index (κ1) is 14.3. The summed E-state index contributed by atoms with van der Waals surface area (Å²) < 4.78 is 5.14. The summed E-state index contributed by atoms with van der Waals surface area (Å²) in [5.74, 6) is 0.637.